The van der Waals surface area contributed by atoms with E-state index in [1.54, 1.807) is 24.1 Å². The quantitative estimate of drug-likeness (QED) is 0.615. The van der Waals surface area contributed by atoms with Gasteiger partial charge in [0.25, 0.3) is 0 Å². The Morgan fingerprint density at radius 2 is 1.64 bits per heavy atom. The maximum absolute atomic E-state index is 12.3. The summed E-state index contributed by atoms with van der Waals surface area (Å²) in [7, 11) is 1.62. The van der Waals surface area contributed by atoms with E-state index in [0.717, 1.165) is 22.6 Å². The molecule has 146 valence electrons. The first-order chi connectivity index (χ1) is 13.5. The zero-order chi connectivity index (χ0) is 20.1. The number of halogens is 1. The van der Waals surface area contributed by atoms with Crippen LogP contribution in [0.3, 0.4) is 0 Å². The number of carbonyl (C=O) groups excluding carboxylic acids is 1. The molecule has 0 fully saturated rings. The summed E-state index contributed by atoms with van der Waals surface area (Å²) in [6, 6.07) is 15.1. The first-order valence-electron chi connectivity index (χ1n) is 9.02. The molecular weight excluding hydrogens is 378 g/mol. The maximum Gasteiger partial charge on any atom is 0.417 e. The second kappa shape index (κ2) is 8.80. The second-order valence-corrected chi connectivity index (χ2v) is 6.48. The molecule has 0 aliphatic rings. The molecule has 0 unspecified atom stereocenters. The number of hydrogen-bond donors (Lipinski definition) is 1. The van der Waals surface area contributed by atoms with Gasteiger partial charge in [-0.1, -0.05) is 23.7 Å². The van der Waals surface area contributed by atoms with Crippen LogP contribution in [0.4, 0.5) is 4.79 Å². The smallest absolute Gasteiger partial charge is 0.417 e. The molecule has 0 atom stereocenters. The summed E-state index contributed by atoms with van der Waals surface area (Å²) in [5.41, 5.74) is 3.16. The first kappa shape index (κ1) is 19.8. The molecule has 28 heavy (non-hydrogen) atoms. The molecule has 0 saturated heterocycles. The lowest BCUT2D eigenvalue weighted by Crippen LogP contribution is -2.33. The number of amides is 1. The zero-order valence-corrected chi connectivity index (χ0v) is 16.8. The number of rotatable bonds is 6. The fourth-order valence-corrected chi connectivity index (χ4v) is 2.94. The van der Waals surface area contributed by atoms with Crippen LogP contribution in [0.15, 0.2) is 48.5 Å². The number of aromatic amines is 1. The average Bonchev–Trinajstić information content (AvgIpc) is 3.13. The van der Waals surface area contributed by atoms with E-state index in [1.165, 1.54) is 0 Å². The third kappa shape index (κ3) is 4.28. The lowest BCUT2D eigenvalue weighted by Gasteiger charge is -2.16. The topological polar surface area (TPSA) is 67.5 Å². The number of aromatic nitrogens is 2. The molecule has 3 aromatic rings. The number of nitrogens with zero attached hydrogens (tertiary/aromatic N) is 2. The van der Waals surface area contributed by atoms with Crippen molar-refractivity contribution in [1.29, 1.82) is 0 Å². The molecule has 0 aliphatic carbocycles. The van der Waals surface area contributed by atoms with Gasteiger partial charge in [0.1, 0.15) is 11.4 Å². The molecular formula is C21H22ClN3O3. The number of benzene rings is 2. The predicted molar refractivity (Wildman–Crippen MR) is 110 cm³/mol. The van der Waals surface area contributed by atoms with E-state index >= 15 is 0 Å². The Morgan fingerprint density at radius 1 is 1.04 bits per heavy atom. The van der Waals surface area contributed by atoms with Crippen molar-refractivity contribution >= 4 is 17.7 Å². The fourth-order valence-electron chi connectivity index (χ4n) is 2.81. The van der Waals surface area contributed by atoms with Gasteiger partial charge in [0.05, 0.1) is 12.8 Å². The van der Waals surface area contributed by atoms with Gasteiger partial charge in [-0.05, 0) is 50.2 Å². The third-order valence-corrected chi connectivity index (χ3v) is 4.64. The van der Waals surface area contributed by atoms with E-state index in [9.17, 15) is 4.79 Å². The summed E-state index contributed by atoms with van der Waals surface area (Å²) in [6.45, 7) is 4.92. The van der Waals surface area contributed by atoms with E-state index in [-0.39, 0.29) is 6.01 Å². The Kier molecular flexibility index (Phi) is 6.21. The lowest BCUT2D eigenvalue weighted by atomic mass is 10.1. The van der Waals surface area contributed by atoms with Crippen molar-refractivity contribution in [2.24, 2.45) is 0 Å². The number of H-pyrrole nitrogens is 1. The van der Waals surface area contributed by atoms with Crippen LogP contribution in [0.5, 0.6) is 11.8 Å². The molecule has 7 heteroatoms. The minimum Gasteiger partial charge on any atom is -0.497 e. The van der Waals surface area contributed by atoms with Gasteiger partial charge in [0.2, 0.25) is 0 Å². The monoisotopic (exact) mass is 399 g/mol. The highest BCUT2D eigenvalue weighted by atomic mass is 35.5. The maximum atomic E-state index is 12.3. The summed E-state index contributed by atoms with van der Waals surface area (Å²) in [4.78, 5) is 21.5. The number of ether oxygens (including phenoxy) is 2. The SMILES string of the molecule is CCN(CC)C(=O)Oc1nc(-c2ccc(OC)cc2)c(-c2ccc(Cl)cc2)[nH]1. The van der Waals surface area contributed by atoms with Gasteiger partial charge in [-0.2, -0.15) is 4.98 Å². The van der Waals surface area contributed by atoms with Crippen LogP contribution in [0.25, 0.3) is 22.5 Å². The summed E-state index contributed by atoms with van der Waals surface area (Å²) < 4.78 is 10.7. The minimum absolute atomic E-state index is 0.146. The van der Waals surface area contributed by atoms with Crippen LogP contribution in [0, 0.1) is 0 Å². The standard InChI is InChI=1S/C21H22ClN3O3/c1-4-25(5-2)21(26)28-20-23-18(14-6-10-16(22)11-7-14)19(24-20)15-8-12-17(27-3)13-9-15/h6-13H,4-5H2,1-3H3,(H,23,24). The van der Waals surface area contributed by atoms with Gasteiger partial charge in [-0.25, -0.2) is 4.79 Å². The van der Waals surface area contributed by atoms with E-state index in [2.05, 4.69) is 9.97 Å². The van der Waals surface area contributed by atoms with Crippen LogP contribution >= 0.6 is 11.6 Å². The van der Waals surface area contributed by atoms with Crippen molar-refractivity contribution in [1.82, 2.24) is 14.9 Å². The Balaban J connectivity index is 2.01. The van der Waals surface area contributed by atoms with Crippen LogP contribution in [-0.4, -0.2) is 41.2 Å². The predicted octanol–water partition coefficient (Wildman–Crippen LogP) is 5.25. The molecule has 3 rings (SSSR count). The van der Waals surface area contributed by atoms with E-state index in [4.69, 9.17) is 21.1 Å². The molecule has 2 aromatic carbocycles. The average molecular weight is 400 g/mol. The van der Waals surface area contributed by atoms with Gasteiger partial charge in [0, 0.05) is 29.2 Å². The van der Waals surface area contributed by atoms with Crippen LogP contribution in [0.1, 0.15) is 13.8 Å². The normalized spacial score (nSPS) is 10.6. The van der Waals surface area contributed by atoms with E-state index in [1.807, 2.05) is 50.2 Å². The molecule has 0 spiro atoms. The highest BCUT2D eigenvalue weighted by Gasteiger charge is 2.19. The fraction of sp³-hybridized carbons (Fsp3) is 0.238. The molecule has 0 radical (unpaired) electrons. The molecule has 6 nitrogen and oxygen atoms in total. The summed E-state index contributed by atoms with van der Waals surface area (Å²) >= 11 is 6.02. The summed E-state index contributed by atoms with van der Waals surface area (Å²) in [5, 5.41) is 0.641. The number of methoxy groups -OCH3 is 1. The molecule has 1 heterocycles. The Bertz CT molecular complexity index is 933. The number of hydrogen-bond acceptors (Lipinski definition) is 4. The Labute approximate surface area is 169 Å². The highest BCUT2D eigenvalue weighted by Crippen LogP contribution is 2.33. The number of imidazole rings is 1. The minimum atomic E-state index is -0.442. The Morgan fingerprint density at radius 3 is 2.21 bits per heavy atom. The van der Waals surface area contributed by atoms with Gasteiger partial charge >= 0.3 is 12.1 Å². The second-order valence-electron chi connectivity index (χ2n) is 6.04. The van der Waals surface area contributed by atoms with Crippen LogP contribution in [0.2, 0.25) is 5.02 Å². The Hall–Kier alpha value is -2.99. The van der Waals surface area contributed by atoms with Crippen molar-refractivity contribution in [3.8, 4) is 34.3 Å². The number of carbonyl (C=O) groups is 1. The van der Waals surface area contributed by atoms with Crippen molar-refractivity contribution in [2.45, 2.75) is 13.8 Å². The van der Waals surface area contributed by atoms with E-state index < -0.39 is 6.09 Å². The van der Waals surface area contributed by atoms with E-state index in [0.29, 0.717) is 23.8 Å². The van der Waals surface area contributed by atoms with Crippen LogP contribution in [-0.2, 0) is 0 Å². The third-order valence-electron chi connectivity index (χ3n) is 4.38. The molecule has 0 aliphatic heterocycles. The highest BCUT2D eigenvalue weighted by molar-refractivity contribution is 6.30. The van der Waals surface area contributed by atoms with Gasteiger partial charge < -0.3 is 19.4 Å². The molecule has 1 amide bonds. The largest absolute Gasteiger partial charge is 0.497 e. The molecule has 1 aromatic heterocycles. The number of nitrogens with one attached hydrogen (secondary N) is 1. The van der Waals surface area contributed by atoms with Gasteiger partial charge in [-0.3, -0.25) is 0 Å². The van der Waals surface area contributed by atoms with Crippen molar-refractivity contribution in [3.63, 3.8) is 0 Å². The molecule has 0 saturated carbocycles. The van der Waals surface area contributed by atoms with Crippen molar-refractivity contribution in [3.05, 3.63) is 53.6 Å². The van der Waals surface area contributed by atoms with Gasteiger partial charge in [0.15, 0.2) is 0 Å². The molecule has 1 N–H and O–H groups in total. The van der Waals surface area contributed by atoms with Crippen LogP contribution < -0.4 is 9.47 Å². The first-order valence-corrected chi connectivity index (χ1v) is 9.40. The summed E-state index contributed by atoms with van der Waals surface area (Å²) in [6.07, 6.45) is -0.442. The van der Waals surface area contributed by atoms with Gasteiger partial charge in [-0.15, -0.1) is 0 Å². The van der Waals surface area contributed by atoms with Crippen molar-refractivity contribution in [2.75, 3.05) is 20.2 Å². The van der Waals surface area contributed by atoms with Crippen molar-refractivity contribution < 1.29 is 14.3 Å². The lowest BCUT2D eigenvalue weighted by molar-refractivity contribution is 0.154. The zero-order valence-electron chi connectivity index (χ0n) is 16.0. The summed E-state index contributed by atoms with van der Waals surface area (Å²) in [5.74, 6) is 0.750. The molecule has 0 bridgehead atoms.